The van der Waals surface area contributed by atoms with Crippen molar-refractivity contribution in [3.8, 4) is 23.0 Å². The Morgan fingerprint density at radius 2 is 1.73 bits per heavy atom. The molecule has 0 aliphatic carbocycles. The largest absolute Gasteiger partial charge is 0.455 e. The highest BCUT2D eigenvalue weighted by Crippen LogP contribution is 2.31. The number of aromatic nitrogens is 3. The van der Waals surface area contributed by atoms with E-state index in [0.29, 0.717) is 47.7 Å². The lowest BCUT2D eigenvalue weighted by Crippen LogP contribution is -2.40. The van der Waals surface area contributed by atoms with E-state index in [9.17, 15) is 4.79 Å². The normalized spacial score (nSPS) is 14.1. The second kappa shape index (κ2) is 9.52. The molecule has 3 heterocycles. The SMILES string of the molecule is O=C(Nc1ccccc1Oc1ccccc1)N1CCC(c2nc(-c3ccccn3)no2)CC1. The maximum atomic E-state index is 12.9. The van der Waals surface area contributed by atoms with Gasteiger partial charge in [0.15, 0.2) is 5.75 Å². The molecule has 1 saturated heterocycles. The van der Waals surface area contributed by atoms with Gasteiger partial charge in [-0.25, -0.2) is 4.79 Å². The molecule has 8 nitrogen and oxygen atoms in total. The first-order valence-electron chi connectivity index (χ1n) is 10.9. The number of carbonyl (C=O) groups is 1. The number of piperidine rings is 1. The van der Waals surface area contributed by atoms with Crippen LogP contribution in [0.2, 0.25) is 0 Å². The van der Waals surface area contributed by atoms with Crippen molar-refractivity contribution in [1.82, 2.24) is 20.0 Å². The molecular formula is C25H23N5O3. The number of carbonyl (C=O) groups excluding carboxylic acids is 1. The van der Waals surface area contributed by atoms with Crippen LogP contribution in [0.25, 0.3) is 11.5 Å². The fraction of sp³-hybridized carbons (Fsp3) is 0.200. The number of nitrogens with one attached hydrogen (secondary N) is 1. The molecule has 2 amide bonds. The number of ether oxygens (including phenoxy) is 1. The lowest BCUT2D eigenvalue weighted by molar-refractivity contribution is 0.187. The molecule has 0 atom stereocenters. The highest BCUT2D eigenvalue weighted by atomic mass is 16.5. The Hall–Kier alpha value is -4.20. The standard InChI is InChI=1S/C25H23N5O3/c31-25(27-20-10-4-5-12-22(20)32-19-8-2-1-3-9-19)30-16-13-18(14-17-30)24-28-23(29-33-24)21-11-6-7-15-26-21/h1-12,15,18H,13-14,16-17H2,(H,27,31). The minimum atomic E-state index is -0.155. The van der Waals surface area contributed by atoms with Crippen molar-refractivity contribution in [1.29, 1.82) is 0 Å². The van der Waals surface area contributed by atoms with E-state index in [1.54, 1.807) is 11.1 Å². The second-order valence-corrected chi connectivity index (χ2v) is 7.77. The van der Waals surface area contributed by atoms with Gasteiger partial charge in [0.05, 0.1) is 5.69 Å². The zero-order valence-electron chi connectivity index (χ0n) is 17.9. The smallest absolute Gasteiger partial charge is 0.321 e. The topological polar surface area (TPSA) is 93.4 Å². The molecule has 2 aromatic carbocycles. The molecular weight excluding hydrogens is 418 g/mol. The summed E-state index contributed by atoms with van der Waals surface area (Å²) in [7, 11) is 0. The van der Waals surface area contributed by atoms with Gasteiger partial charge in [-0.05, 0) is 49.2 Å². The van der Waals surface area contributed by atoms with Crippen LogP contribution in [0, 0.1) is 0 Å². The number of anilines is 1. The number of likely N-dealkylation sites (tertiary alicyclic amines) is 1. The summed E-state index contributed by atoms with van der Waals surface area (Å²) in [6.07, 6.45) is 3.20. The number of hydrogen-bond donors (Lipinski definition) is 1. The fourth-order valence-electron chi connectivity index (χ4n) is 3.80. The number of hydrogen-bond acceptors (Lipinski definition) is 6. The first kappa shape index (κ1) is 20.7. The van der Waals surface area contributed by atoms with E-state index in [1.165, 1.54) is 0 Å². The van der Waals surface area contributed by atoms with Gasteiger partial charge in [0.1, 0.15) is 11.4 Å². The van der Waals surface area contributed by atoms with Gasteiger partial charge in [0.2, 0.25) is 11.7 Å². The molecule has 8 heteroatoms. The second-order valence-electron chi connectivity index (χ2n) is 7.77. The van der Waals surface area contributed by atoms with E-state index in [1.807, 2.05) is 72.8 Å². The monoisotopic (exact) mass is 441 g/mol. The summed E-state index contributed by atoms with van der Waals surface area (Å²) >= 11 is 0. The molecule has 1 aliphatic rings. The van der Waals surface area contributed by atoms with Gasteiger partial charge in [-0.15, -0.1) is 0 Å². The Morgan fingerprint density at radius 3 is 2.52 bits per heavy atom. The Bertz CT molecular complexity index is 1200. The summed E-state index contributed by atoms with van der Waals surface area (Å²) in [5.74, 6) is 2.51. The van der Waals surface area contributed by atoms with Crippen LogP contribution in [0.1, 0.15) is 24.7 Å². The molecule has 1 fully saturated rings. The first-order valence-corrected chi connectivity index (χ1v) is 10.9. The molecule has 0 radical (unpaired) electrons. The Kier molecular flexibility index (Phi) is 5.97. The number of pyridine rings is 1. The molecule has 0 saturated carbocycles. The molecule has 2 aromatic heterocycles. The van der Waals surface area contributed by atoms with E-state index in [2.05, 4.69) is 20.4 Å². The van der Waals surface area contributed by atoms with Gasteiger partial charge in [0, 0.05) is 25.2 Å². The summed E-state index contributed by atoms with van der Waals surface area (Å²) in [5.41, 5.74) is 1.31. The van der Waals surface area contributed by atoms with Gasteiger partial charge in [0.25, 0.3) is 0 Å². The Morgan fingerprint density at radius 1 is 0.970 bits per heavy atom. The van der Waals surface area contributed by atoms with Crippen LogP contribution in [0.4, 0.5) is 10.5 Å². The van der Waals surface area contributed by atoms with Gasteiger partial charge < -0.3 is 19.5 Å². The number of urea groups is 1. The quantitative estimate of drug-likeness (QED) is 0.450. The first-order chi connectivity index (χ1) is 16.3. The summed E-state index contributed by atoms with van der Waals surface area (Å²) in [6, 6.07) is 22.3. The van der Waals surface area contributed by atoms with E-state index in [-0.39, 0.29) is 11.9 Å². The van der Waals surface area contributed by atoms with E-state index in [0.717, 1.165) is 12.8 Å². The molecule has 1 aliphatic heterocycles. The summed E-state index contributed by atoms with van der Waals surface area (Å²) in [6.45, 7) is 1.19. The lowest BCUT2D eigenvalue weighted by Gasteiger charge is -2.30. The predicted molar refractivity (Wildman–Crippen MR) is 123 cm³/mol. The van der Waals surface area contributed by atoms with Gasteiger partial charge >= 0.3 is 6.03 Å². The number of benzene rings is 2. The van der Waals surface area contributed by atoms with Gasteiger partial charge in [-0.1, -0.05) is 41.6 Å². The van der Waals surface area contributed by atoms with Crippen molar-refractivity contribution in [2.45, 2.75) is 18.8 Å². The Labute approximate surface area is 191 Å². The third kappa shape index (κ3) is 4.85. The molecule has 1 N–H and O–H groups in total. The van der Waals surface area contributed by atoms with Crippen LogP contribution in [0.15, 0.2) is 83.5 Å². The van der Waals surface area contributed by atoms with Crippen LogP contribution < -0.4 is 10.1 Å². The number of para-hydroxylation sites is 3. The minimum Gasteiger partial charge on any atom is -0.455 e. The van der Waals surface area contributed by atoms with Crippen LogP contribution in [0.5, 0.6) is 11.5 Å². The summed E-state index contributed by atoms with van der Waals surface area (Å²) < 4.78 is 11.4. The predicted octanol–water partition coefficient (Wildman–Crippen LogP) is 5.34. The molecule has 0 bridgehead atoms. The average Bonchev–Trinajstić information content (AvgIpc) is 3.37. The van der Waals surface area contributed by atoms with Crippen molar-refractivity contribution in [2.24, 2.45) is 0 Å². The fourth-order valence-corrected chi connectivity index (χ4v) is 3.80. The highest BCUT2D eigenvalue weighted by molar-refractivity contribution is 5.91. The molecule has 33 heavy (non-hydrogen) atoms. The number of nitrogens with zero attached hydrogens (tertiary/aromatic N) is 4. The number of amides is 2. The highest BCUT2D eigenvalue weighted by Gasteiger charge is 2.28. The zero-order chi connectivity index (χ0) is 22.5. The molecule has 5 rings (SSSR count). The van der Waals surface area contributed by atoms with Gasteiger partial charge in [-0.2, -0.15) is 4.98 Å². The Balaban J connectivity index is 1.19. The molecule has 166 valence electrons. The molecule has 0 spiro atoms. The average molecular weight is 441 g/mol. The van der Waals surface area contributed by atoms with Crippen molar-refractivity contribution < 1.29 is 14.1 Å². The maximum Gasteiger partial charge on any atom is 0.321 e. The zero-order valence-corrected chi connectivity index (χ0v) is 17.9. The van der Waals surface area contributed by atoms with Crippen LogP contribution in [0.3, 0.4) is 0 Å². The summed E-state index contributed by atoms with van der Waals surface area (Å²) in [5, 5.41) is 7.04. The van der Waals surface area contributed by atoms with Crippen molar-refractivity contribution in [3.05, 3.63) is 84.9 Å². The van der Waals surface area contributed by atoms with E-state index >= 15 is 0 Å². The lowest BCUT2D eigenvalue weighted by atomic mass is 9.97. The van der Waals surface area contributed by atoms with Crippen LogP contribution in [-0.2, 0) is 0 Å². The molecule has 0 unspecified atom stereocenters. The molecule has 4 aromatic rings. The number of rotatable bonds is 5. The summed E-state index contributed by atoms with van der Waals surface area (Å²) in [4.78, 5) is 23.5. The van der Waals surface area contributed by atoms with Gasteiger partial charge in [-0.3, -0.25) is 4.98 Å². The van der Waals surface area contributed by atoms with E-state index in [4.69, 9.17) is 9.26 Å². The van der Waals surface area contributed by atoms with Crippen molar-refractivity contribution >= 4 is 11.7 Å². The third-order valence-corrected chi connectivity index (χ3v) is 5.57. The van der Waals surface area contributed by atoms with E-state index < -0.39 is 0 Å². The van der Waals surface area contributed by atoms with Crippen molar-refractivity contribution in [3.63, 3.8) is 0 Å². The van der Waals surface area contributed by atoms with Crippen molar-refractivity contribution in [2.75, 3.05) is 18.4 Å². The van der Waals surface area contributed by atoms with Crippen LogP contribution in [-0.4, -0.2) is 39.1 Å². The third-order valence-electron chi connectivity index (χ3n) is 5.57. The maximum absolute atomic E-state index is 12.9. The van der Waals surface area contributed by atoms with Crippen LogP contribution >= 0.6 is 0 Å². The minimum absolute atomic E-state index is 0.118.